The summed E-state index contributed by atoms with van der Waals surface area (Å²) in [6.07, 6.45) is 7.09. The molecule has 2 atom stereocenters. The van der Waals surface area contributed by atoms with Gasteiger partial charge in [-0.05, 0) is 77.6 Å². The molecule has 0 spiro atoms. The Morgan fingerprint density at radius 3 is 1.73 bits per heavy atom. The van der Waals surface area contributed by atoms with Crippen LogP contribution < -0.4 is 0 Å². The number of hydrogen-bond acceptors (Lipinski definition) is 1. The van der Waals surface area contributed by atoms with Gasteiger partial charge in [-0.1, -0.05) is 116 Å². The third-order valence-corrected chi connectivity index (χ3v) is 10.2. The fourth-order valence-corrected chi connectivity index (χ4v) is 8.04. The Balaban J connectivity index is 1.30. The van der Waals surface area contributed by atoms with Crippen molar-refractivity contribution in [2.75, 3.05) is 0 Å². The van der Waals surface area contributed by atoms with Gasteiger partial charge in [-0.25, -0.2) is 0 Å². The highest BCUT2D eigenvalue weighted by molar-refractivity contribution is 6.10. The highest BCUT2D eigenvalue weighted by atomic mass is 15.0. The van der Waals surface area contributed by atoms with Crippen LogP contribution in [0.5, 0.6) is 0 Å². The van der Waals surface area contributed by atoms with E-state index in [2.05, 4.69) is 175 Å². The molecule has 0 saturated carbocycles. The minimum atomic E-state index is 0.116. The van der Waals surface area contributed by atoms with Crippen LogP contribution >= 0.6 is 0 Å². The van der Waals surface area contributed by atoms with Gasteiger partial charge in [0.1, 0.15) is 0 Å². The van der Waals surface area contributed by atoms with Crippen LogP contribution in [0.25, 0.3) is 66.0 Å². The molecule has 0 bridgehead atoms. The van der Waals surface area contributed by atoms with E-state index in [1.165, 1.54) is 38.2 Å². The first-order valence-electron chi connectivity index (χ1n) is 16.6. The highest BCUT2D eigenvalue weighted by Crippen LogP contribution is 2.44. The van der Waals surface area contributed by atoms with E-state index in [0.717, 1.165) is 39.0 Å². The summed E-state index contributed by atoms with van der Waals surface area (Å²) in [6.45, 7) is 4.45. The smallest absolute Gasteiger partial charge is 0.0991 e. The number of aryl methyl sites for hydroxylation is 1. The molecular weight excluding hydrogens is 583 g/mol. The summed E-state index contributed by atoms with van der Waals surface area (Å²) in [5.41, 5.74) is 12.2. The Morgan fingerprint density at radius 2 is 1.12 bits per heavy atom. The van der Waals surface area contributed by atoms with Crippen molar-refractivity contribution in [2.45, 2.75) is 19.9 Å². The monoisotopic (exact) mass is 615 g/mol. The molecule has 9 rings (SSSR count). The van der Waals surface area contributed by atoms with Gasteiger partial charge >= 0.3 is 0 Å². The van der Waals surface area contributed by atoms with Crippen LogP contribution in [0.2, 0.25) is 0 Å². The number of nitriles is 1. The molecular formula is C45H33N3. The zero-order valence-electron chi connectivity index (χ0n) is 26.9. The van der Waals surface area contributed by atoms with E-state index in [9.17, 15) is 5.26 Å². The van der Waals surface area contributed by atoms with Crippen molar-refractivity contribution in [3.63, 3.8) is 0 Å². The number of nitrogens with zero attached hydrogens (tertiary/aromatic N) is 3. The lowest BCUT2D eigenvalue weighted by molar-refractivity contribution is 0.512. The summed E-state index contributed by atoms with van der Waals surface area (Å²) in [5.74, 6) is 0.292. The summed E-state index contributed by atoms with van der Waals surface area (Å²) in [7, 11) is 0. The van der Waals surface area contributed by atoms with Crippen LogP contribution in [0.1, 0.15) is 29.7 Å². The molecule has 3 nitrogen and oxygen atoms in total. The Labute approximate surface area is 279 Å². The van der Waals surface area contributed by atoms with E-state index < -0.39 is 0 Å². The molecule has 48 heavy (non-hydrogen) atoms. The maximum atomic E-state index is 10.2. The summed E-state index contributed by atoms with van der Waals surface area (Å²) >= 11 is 0. The maximum absolute atomic E-state index is 10.2. The van der Waals surface area contributed by atoms with Crippen LogP contribution in [-0.4, -0.2) is 9.13 Å². The van der Waals surface area contributed by atoms with Gasteiger partial charge in [-0.2, -0.15) is 5.26 Å². The van der Waals surface area contributed by atoms with Gasteiger partial charge in [0.15, 0.2) is 0 Å². The number of hydrogen-bond donors (Lipinski definition) is 0. The average Bonchev–Trinajstić information content (AvgIpc) is 3.65. The second kappa shape index (κ2) is 11.0. The molecule has 0 amide bonds. The maximum Gasteiger partial charge on any atom is 0.0991 e. The molecule has 2 heterocycles. The second-order valence-corrected chi connectivity index (χ2v) is 12.9. The van der Waals surface area contributed by atoms with Gasteiger partial charge in [0, 0.05) is 38.1 Å². The van der Waals surface area contributed by atoms with Gasteiger partial charge in [-0.3, -0.25) is 0 Å². The van der Waals surface area contributed by atoms with E-state index in [0.29, 0.717) is 11.5 Å². The molecule has 6 aromatic carbocycles. The van der Waals surface area contributed by atoms with Crippen molar-refractivity contribution in [1.29, 1.82) is 5.26 Å². The third kappa shape index (κ3) is 4.20. The predicted octanol–water partition coefficient (Wildman–Crippen LogP) is 11.6. The fourth-order valence-electron chi connectivity index (χ4n) is 8.04. The number of para-hydroxylation sites is 5. The zero-order chi connectivity index (χ0) is 32.4. The molecule has 1 aliphatic rings. The molecule has 0 N–H and O–H groups in total. The SMILES string of the molecule is Cc1cc(C#N)cc(-c2ccccc2-n2c3ccccc3c3ccccc32)c1C1=CC(n2c3ccccc3c3ccccc32)C(C)C=C1. The third-order valence-electron chi connectivity index (χ3n) is 10.2. The van der Waals surface area contributed by atoms with Crippen LogP contribution in [-0.2, 0) is 0 Å². The summed E-state index contributed by atoms with van der Waals surface area (Å²) in [6, 6.07) is 50.1. The van der Waals surface area contributed by atoms with Crippen molar-refractivity contribution < 1.29 is 0 Å². The zero-order valence-corrected chi connectivity index (χ0v) is 26.9. The largest absolute Gasteiger partial charge is 0.333 e. The van der Waals surface area contributed by atoms with Crippen molar-refractivity contribution >= 4 is 49.2 Å². The van der Waals surface area contributed by atoms with Gasteiger partial charge in [0.2, 0.25) is 0 Å². The van der Waals surface area contributed by atoms with Crippen molar-refractivity contribution in [1.82, 2.24) is 9.13 Å². The first-order valence-corrected chi connectivity index (χ1v) is 16.6. The number of benzene rings is 6. The molecule has 3 heteroatoms. The minimum Gasteiger partial charge on any atom is -0.333 e. The van der Waals surface area contributed by atoms with Crippen molar-refractivity contribution in [3.8, 4) is 22.9 Å². The molecule has 0 radical (unpaired) electrons. The summed E-state index contributed by atoms with van der Waals surface area (Å²) in [4.78, 5) is 0. The summed E-state index contributed by atoms with van der Waals surface area (Å²) in [5, 5.41) is 15.2. The number of rotatable bonds is 4. The van der Waals surface area contributed by atoms with E-state index in [4.69, 9.17) is 0 Å². The van der Waals surface area contributed by atoms with E-state index in [-0.39, 0.29) is 6.04 Å². The normalized spacial score (nSPS) is 16.1. The van der Waals surface area contributed by atoms with Crippen LogP contribution in [0.15, 0.2) is 152 Å². The van der Waals surface area contributed by atoms with E-state index >= 15 is 0 Å². The Kier molecular flexibility index (Phi) is 6.45. The molecule has 1 aliphatic carbocycles. The average molecular weight is 616 g/mol. The van der Waals surface area contributed by atoms with Gasteiger partial charge in [0.25, 0.3) is 0 Å². The highest BCUT2D eigenvalue weighted by Gasteiger charge is 2.26. The fraction of sp³-hybridized carbons (Fsp3) is 0.0889. The van der Waals surface area contributed by atoms with Crippen molar-refractivity contribution in [3.05, 3.63) is 168 Å². The molecule has 8 aromatic rings. The standard InChI is InChI=1S/C45H33N3/c1-29-23-24-32(27-44(29)48-41-20-10-5-15-35(41)36-16-6-11-21-42(36)48)45-30(2)25-31(28-46)26-38(45)37-17-7-12-22-43(37)47-39-18-8-3-13-33(39)34-14-4-9-19-40(34)47/h3-27,29,44H,1-2H3. The molecule has 2 unspecified atom stereocenters. The first kappa shape index (κ1) is 28.1. The van der Waals surface area contributed by atoms with Gasteiger partial charge in [-0.15, -0.1) is 0 Å². The van der Waals surface area contributed by atoms with Crippen LogP contribution in [0.3, 0.4) is 0 Å². The van der Waals surface area contributed by atoms with Crippen molar-refractivity contribution in [2.24, 2.45) is 5.92 Å². The summed E-state index contributed by atoms with van der Waals surface area (Å²) < 4.78 is 4.90. The number of allylic oxidation sites excluding steroid dienone is 4. The molecule has 2 aromatic heterocycles. The number of fused-ring (bicyclic) bond motifs is 6. The Bertz CT molecular complexity index is 2570. The number of aromatic nitrogens is 2. The quantitative estimate of drug-likeness (QED) is 0.194. The molecule has 0 fully saturated rings. The van der Waals surface area contributed by atoms with Crippen LogP contribution in [0.4, 0.5) is 0 Å². The van der Waals surface area contributed by atoms with Gasteiger partial charge in [0.05, 0.1) is 34.4 Å². The van der Waals surface area contributed by atoms with E-state index in [1.807, 2.05) is 6.07 Å². The topological polar surface area (TPSA) is 33.6 Å². The lowest BCUT2D eigenvalue weighted by Gasteiger charge is -2.28. The molecule has 0 aliphatic heterocycles. The Morgan fingerprint density at radius 1 is 0.604 bits per heavy atom. The minimum absolute atomic E-state index is 0.116. The lowest BCUT2D eigenvalue weighted by Crippen LogP contribution is -2.16. The first-order chi connectivity index (χ1) is 23.6. The van der Waals surface area contributed by atoms with Gasteiger partial charge < -0.3 is 9.13 Å². The molecule has 228 valence electrons. The predicted molar refractivity (Wildman–Crippen MR) is 200 cm³/mol. The van der Waals surface area contributed by atoms with E-state index in [1.54, 1.807) is 0 Å². The second-order valence-electron chi connectivity index (χ2n) is 12.9. The lowest BCUT2D eigenvalue weighted by atomic mass is 9.83. The Hall–Kier alpha value is -6.11. The van der Waals surface area contributed by atoms with Crippen LogP contribution in [0, 0.1) is 24.2 Å². The molecule has 0 saturated heterocycles.